The van der Waals surface area contributed by atoms with Crippen LogP contribution in [0.3, 0.4) is 0 Å². The van der Waals surface area contributed by atoms with Crippen LogP contribution in [0.25, 0.3) is 5.76 Å². The number of amides is 1. The van der Waals surface area contributed by atoms with Gasteiger partial charge in [-0.1, -0.05) is 18.2 Å². The average Bonchev–Trinajstić information content (AvgIpc) is 2.97. The lowest BCUT2D eigenvalue weighted by molar-refractivity contribution is -0.140. The minimum Gasteiger partial charge on any atom is -0.507 e. The van der Waals surface area contributed by atoms with Gasteiger partial charge >= 0.3 is 0 Å². The number of ketones is 1. The molecule has 1 unspecified atom stereocenters. The van der Waals surface area contributed by atoms with Crippen LogP contribution in [0.15, 0.2) is 42.0 Å². The highest BCUT2D eigenvalue weighted by Crippen LogP contribution is 2.41. The highest BCUT2D eigenvalue weighted by atomic mass is 19.1. The van der Waals surface area contributed by atoms with Crippen LogP contribution in [-0.4, -0.2) is 60.9 Å². The summed E-state index contributed by atoms with van der Waals surface area (Å²) in [6, 6.07) is 8.45. The molecular formula is C24H27FN2O4. The van der Waals surface area contributed by atoms with Crippen LogP contribution in [-0.2, 0) is 9.59 Å². The summed E-state index contributed by atoms with van der Waals surface area (Å²) in [5.74, 6) is -1.79. The van der Waals surface area contributed by atoms with Crippen molar-refractivity contribution < 1.29 is 23.8 Å². The van der Waals surface area contributed by atoms with E-state index in [0.29, 0.717) is 23.4 Å². The van der Waals surface area contributed by atoms with Crippen LogP contribution < -0.4 is 4.74 Å². The van der Waals surface area contributed by atoms with Crippen LogP contribution in [0, 0.1) is 19.7 Å². The molecule has 31 heavy (non-hydrogen) atoms. The summed E-state index contributed by atoms with van der Waals surface area (Å²) in [5.41, 5.74) is 1.90. The summed E-state index contributed by atoms with van der Waals surface area (Å²) in [6.45, 7) is 4.29. The molecule has 0 aliphatic carbocycles. The van der Waals surface area contributed by atoms with Crippen molar-refractivity contribution in [2.45, 2.75) is 19.9 Å². The number of benzene rings is 2. The Hall–Kier alpha value is -3.19. The predicted molar refractivity (Wildman–Crippen MR) is 116 cm³/mol. The van der Waals surface area contributed by atoms with Crippen molar-refractivity contribution in [3.8, 4) is 5.75 Å². The van der Waals surface area contributed by atoms with Gasteiger partial charge in [-0.3, -0.25) is 9.59 Å². The molecule has 1 fully saturated rings. The van der Waals surface area contributed by atoms with Gasteiger partial charge in [-0.25, -0.2) is 4.39 Å². The largest absolute Gasteiger partial charge is 0.507 e. The van der Waals surface area contributed by atoms with E-state index >= 15 is 0 Å². The molecule has 1 N–H and O–H groups in total. The van der Waals surface area contributed by atoms with Crippen LogP contribution in [0.4, 0.5) is 4.39 Å². The second kappa shape index (κ2) is 8.89. The third-order valence-electron chi connectivity index (χ3n) is 5.52. The summed E-state index contributed by atoms with van der Waals surface area (Å²) in [7, 11) is 5.24. The van der Waals surface area contributed by atoms with Crippen LogP contribution in [0.2, 0.25) is 0 Å². The fourth-order valence-electron chi connectivity index (χ4n) is 3.85. The first kappa shape index (κ1) is 22.5. The van der Waals surface area contributed by atoms with Gasteiger partial charge in [0.15, 0.2) is 0 Å². The van der Waals surface area contributed by atoms with Crippen LogP contribution in [0.5, 0.6) is 5.75 Å². The number of Topliss-reactive ketones (excluding diaryl/α,β-unsaturated/α-hetero) is 1. The number of aryl methyl sites for hydroxylation is 2. The van der Waals surface area contributed by atoms with Gasteiger partial charge in [-0.2, -0.15) is 0 Å². The van der Waals surface area contributed by atoms with Crippen molar-refractivity contribution >= 4 is 17.4 Å². The Kier molecular flexibility index (Phi) is 6.45. The topological polar surface area (TPSA) is 70.1 Å². The SMILES string of the molecule is COc1cc(C)c(/C(O)=C2\C(=O)C(=O)N(CCN(C)C)C2c2ccccc2F)cc1C. The van der Waals surface area contributed by atoms with Gasteiger partial charge in [0, 0.05) is 24.2 Å². The fraction of sp³-hybridized carbons (Fsp3) is 0.333. The van der Waals surface area contributed by atoms with E-state index in [1.165, 1.54) is 17.0 Å². The summed E-state index contributed by atoms with van der Waals surface area (Å²) < 4.78 is 20.1. The molecule has 1 amide bonds. The summed E-state index contributed by atoms with van der Waals surface area (Å²) in [6.07, 6.45) is 0. The molecule has 0 saturated carbocycles. The van der Waals surface area contributed by atoms with E-state index in [0.717, 1.165) is 5.56 Å². The highest BCUT2D eigenvalue weighted by Gasteiger charge is 2.46. The molecule has 1 aliphatic rings. The third kappa shape index (κ3) is 4.18. The number of aliphatic hydroxyl groups excluding tert-OH is 1. The number of likely N-dealkylation sites (N-methyl/N-ethyl adjacent to an activating group) is 1. The summed E-state index contributed by atoms with van der Waals surface area (Å²) in [5, 5.41) is 11.2. The smallest absolute Gasteiger partial charge is 0.295 e. The molecular weight excluding hydrogens is 399 g/mol. The normalized spacial score (nSPS) is 18.2. The Bertz CT molecular complexity index is 1060. The molecule has 6 nitrogen and oxygen atoms in total. The Labute approximate surface area is 181 Å². The van der Waals surface area contributed by atoms with E-state index < -0.39 is 23.5 Å². The predicted octanol–water partition coefficient (Wildman–Crippen LogP) is 3.43. The van der Waals surface area contributed by atoms with Gasteiger partial charge in [0.2, 0.25) is 0 Å². The van der Waals surface area contributed by atoms with Gasteiger partial charge < -0.3 is 19.6 Å². The van der Waals surface area contributed by atoms with Crippen molar-refractivity contribution in [1.29, 1.82) is 0 Å². The number of aliphatic hydroxyl groups is 1. The number of hydrogen-bond donors (Lipinski definition) is 1. The Morgan fingerprint density at radius 3 is 2.45 bits per heavy atom. The number of carbonyl (C=O) groups excluding carboxylic acids is 2. The van der Waals surface area contributed by atoms with Crippen LogP contribution >= 0.6 is 0 Å². The minimum atomic E-state index is -1.01. The van der Waals surface area contributed by atoms with E-state index in [2.05, 4.69) is 0 Å². The van der Waals surface area contributed by atoms with Gasteiger partial charge in [-0.05, 0) is 57.3 Å². The highest BCUT2D eigenvalue weighted by molar-refractivity contribution is 6.46. The van der Waals surface area contributed by atoms with Crippen molar-refractivity contribution in [2.75, 3.05) is 34.3 Å². The summed E-state index contributed by atoms with van der Waals surface area (Å²) in [4.78, 5) is 29.1. The maximum absolute atomic E-state index is 14.8. The van der Waals surface area contributed by atoms with Crippen molar-refractivity contribution in [3.05, 3.63) is 70.0 Å². The van der Waals surface area contributed by atoms with Crippen molar-refractivity contribution in [1.82, 2.24) is 9.80 Å². The van der Waals surface area contributed by atoms with Gasteiger partial charge in [0.1, 0.15) is 17.3 Å². The van der Waals surface area contributed by atoms with E-state index in [1.54, 1.807) is 38.3 Å². The molecule has 164 valence electrons. The molecule has 1 saturated heterocycles. The zero-order chi connectivity index (χ0) is 22.9. The lowest BCUT2D eigenvalue weighted by Gasteiger charge is -2.27. The van der Waals surface area contributed by atoms with E-state index in [9.17, 15) is 19.1 Å². The number of methoxy groups -OCH3 is 1. The van der Waals surface area contributed by atoms with Gasteiger partial charge in [-0.15, -0.1) is 0 Å². The molecule has 1 heterocycles. The van der Waals surface area contributed by atoms with E-state index in [-0.39, 0.29) is 23.4 Å². The number of nitrogens with zero attached hydrogens (tertiary/aromatic N) is 2. The molecule has 0 aromatic heterocycles. The molecule has 7 heteroatoms. The quantitative estimate of drug-likeness (QED) is 0.435. The van der Waals surface area contributed by atoms with Gasteiger partial charge in [0.25, 0.3) is 11.7 Å². The lowest BCUT2D eigenvalue weighted by atomic mass is 9.93. The average molecular weight is 426 g/mol. The number of ether oxygens (including phenoxy) is 1. The Morgan fingerprint density at radius 1 is 1.16 bits per heavy atom. The molecule has 2 aromatic carbocycles. The van der Waals surface area contributed by atoms with Gasteiger partial charge in [0.05, 0.1) is 18.7 Å². The zero-order valence-electron chi connectivity index (χ0n) is 18.4. The maximum Gasteiger partial charge on any atom is 0.295 e. The lowest BCUT2D eigenvalue weighted by Crippen LogP contribution is -2.35. The first-order valence-corrected chi connectivity index (χ1v) is 10.0. The molecule has 0 spiro atoms. The minimum absolute atomic E-state index is 0.110. The molecule has 1 atom stereocenters. The number of rotatable bonds is 6. The molecule has 0 bridgehead atoms. The Morgan fingerprint density at radius 2 is 1.84 bits per heavy atom. The van der Waals surface area contributed by atoms with E-state index in [1.807, 2.05) is 25.9 Å². The second-order valence-electron chi connectivity index (χ2n) is 7.95. The fourth-order valence-corrected chi connectivity index (χ4v) is 3.85. The molecule has 0 radical (unpaired) electrons. The first-order valence-electron chi connectivity index (χ1n) is 10.0. The molecule has 2 aromatic rings. The number of likely N-dealkylation sites (tertiary alicyclic amines) is 1. The maximum atomic E-state index is 14.8. The van der Waals surface area contributed by atoms with Crippen molar-refractivity contribution in [3.63, 3.8) is 0 Å². The number of carbonyl (C=O) groups is 2. The summed E-state index contributed by atoms with van der Waals surface area (Å²) >= 11 is 0. The van der Waals surface area contributed by atoms with Crippen molar-refractivity contribution in [2.24, 2.45) is 0 Å². The number of hydrogen-bond acceptors (Lipinski definition) is 5. The monoisotopic (exact) mass is 426 g/mol. The second-order valence-corrected chi connectivity index (χ2v) is 7.95. The molecule has 3 rings (SSSR count). The van der Waals surface area contributed by atoms with Crippen LogP contribution in [0.1, 0.15) is 28.3 Å². The standard InChI is InChI=1S/C24H27FN2O4/c1-14-13-19(31-5)15(2)12-17(14)22(28)20-21(16-8-6-7-9-18(16)25)27(11-10-26(3)4)24(30)23(20)29/h6-9,12-13,21,28H,10-11H2,1-5H3/b22-20+. The van der Waals surface area contributed by atoms with E-state index in [4.69, 9.17) is 4.74 Å². The first-order chi connectivity index (χ1) is 14.7. The third-order valence-corrected chi connectivity index (χ3v) is 5.52. The Balaban J connectivity index is 2.23. The number of halogens is 1. The molecule has 1 aliphatic heterocycles. The zero-order valence-corrected chi connectivity index (χ0v) is 18.4.